The third-order valence-electron chi connectivity index (χ3n) is 5.36. The number of nitrogens with zero attached hydrogens (tertiary/aromatic N) is 1. The van der Waals surface area contributed by atoms with Crippen molar-refractivity contribution in [1.82, 2.24) is 9.62 Å². The van der Waals surface area contributed by atoms with Crippen LogP contribution in [-0.2, 0) is 10.0 Å². The van der Waals surface area contributed by atoms with Gasteiger partial charge >= 0.3 is 6.18 Å². The lowest BCUT2D eigenvalue weighted by Crippen LogP contribution is -2.49. The minimum atomic E-state index is -4.50. The van der Waals surface area contributed by atoms with E-state index in [1.54, 1.807) is 9.62 Å². The summed E-state index contributed by atoms with van der Waals surface area (Å²) in [7, 11) is -3.69. The van der Waals surface area contributed by atoms with Crippen molar-refractivity contribution in [3.63, 3.8) is 0 Å². The average Bonchev–Trinajstić information content (AvgIpc) is 2.65. The number of carbonyl (C=O) groups is 1. The number of benzene rings is 1. The van der Waals surface area contributed by atoms with Crippen molar-refractivity contribution in [2.45, 2.75) is 55.6 Å². The van der Waals surface area contributed by atoms with Crippen molar-refractivity contribution in [2.75, 3.05) is 13.1 Å². The number of amides is 1. The maximum atomic E-state index is 13.1. The van der Waals surface area contributed by atoms with Gasteiger partial charge in [-0.05, 0) is 55.9 Å². The quantitative estimate of drug-likeness (QED) is 0.837. The number of fused-ring (bicyclic) bond motifs is 1. The van der Waals surface area contributed by atoms with Gasteiger partial charge in [0.15, 0.2) is 0 Å². The summed E-state index contributed by atoms with van der Waals surface area (Å²) in [4.78, 5) is 11.8. The molecule has 0 aromatic heterocycles. The lowest BCUT2D eigenvalue weighted by molar-refractivity contribution is -0.123. The van der Waals surface area contributed by atoms with Crippen molar-refractivity contribution in [2.24, 2.45) is 5.92 Å². The minimum absolute atomic E-state index is 0.00705. The van der Waals surface area contributed by atoms with Crippen LogP contribution in [0.1, 0.15) is 48.9 Å². The number of piperidine rings is 1. The third-order valence-corrected chi connectivity index (χ3v) is 7.30. The zero-order chi connectivity index (χ0) is 19.7. The van der Waals surface area contributed by atoms with Crippen LogP contribution < -0.4 is 5.32 Å². The second kappa shape index (κ2) is 7.79. The van der Waals surface area contributed by atoms with Crippen molar-refractivity contribution in [3.8, 4) is 0 Å². The summed E-state index contributed by atoms with van der Waals surface area (Å²) in [5.41, 5.74) is -0.00705. The maximum absolute atomic E-state index is 13.1. The fourth-order valence-electron chi connectivity index (χ4n) is 4.07. The lowest BCUT2D eigenvalue weighted by atomic mass is 9.79. The molecule has 9 heteroatoms. The molecule has 3 rings (SSSR count). The summed E-state index contributed by atoms with van der Waals surface area (Å²) in [6.07, 6.45) is 1.45. The molecule has 2 aliphatic rings. The van der Waals surface area contributed by atoms with Crippen molar-refractivity contribution < 1.29 is 26.4 Å². The van der Waals surface area contributed by atoms with Gasteiger partial charge in [0.1, 0.15) is 6.54 Å². The van der Waals surface area contributed by atoms with Gasteiger partial charge in [-0.3, -0.25) is 4.79 Å². The van der Waals surface area contributed by atoms with Crippen LogP contribution in [0.3, 0.4) is 0 Å². The second-order valence-corrected chi connectivity index (χ2v) is 9.08. The Hall–Kier alpha value is -1.61. The third kappa shape index (κ3) is 4.63. The molecule has 27 heavy (non-hydrogen) atoms. The fourth-order valence-corrected chi connectivity index (χ4v) is 5.83. The first kappa shape index (κ1) is 20.1. The van der Waals surface area contributed by atoms with Crippen molar-refractivity contribution in [3.05, 3.63) is 29.8 Å². The first-order valence-electron chi connectivity index (χ1n) is 9.15. The normalized spacial score (nSPS) is 24.3. The molecular weight excluding hydrogens is 381 g/mol. The standard InChI is InChI=1S/C18H23F3N2O3S/c19-18(20,21)12-22-17(24)14-7-9-15(10-8-14)27(25,26)23-11-3-5-13-4-1-2-6-16(13)23/h7-10,13,16H,1-6,11-12H2,(H,22,24)/t13-,16+/m1/s1. The first-order valence-corrected chi connectivity index (χ1v) is 10.6. The SMILES string of the molecule is O=C(NCC(F)(F)F)c1ccc(S(=O)(=O)N2CCC[C@H]3CCCC[C@@H]32)cc1. The van der Waals surface area contributed by atoms with E-state index in [1.165, 1.54) is 24.3 Å². The van der Waals surface area contributed by atoms with Gasteiger partial charge in [-0.1, -0.05) is 12.8 Å². The molecule has 0 bridgehead atoms. The largest absolute Gasteiger partial charge is 0.405 e. The molecule has 1 aliphatic carbocycles. The molecule has 2 atom stereocenters. The summed E-state index contributed by atoms with van der Waals surface area (Å²) >= 11 is 0. The molecule has 1 amide bonds. The van der Waals surface area contributed by atoms with Crippen LogP contribution >= 0.6 is 0 Å². The fraction of sp³-hybridized carbons (Fsp3) is 0.611. The van der Waals surface area contributed by atoms with Crippen LogP contribution in [-0.4, -0.2) is 43.9 Å². The Kier molecular flexibility index (Phi) is 5.81. The highest BCUT2D eigenvalue weighted by Gasteiger charge is 2.39. The number of halogens is 3. The van der Waals surface area contributed by atoms with Gasteiger partial charge in [0.05, 0.1) is 4.90 Å². The highest BCUT2D eigenvalue weighted by molar-refractivity contribution is 7.89. The van der Waals surface area contributed by atoms with E-state index in [9.17, 15) is 26.4 Å². The highest BCUT2D eigenvalue weighted by atomic mass is 32.2. The zero-order valence-electron chi connectivity index (χ0n) is 14.8. The Labute approximate surface area is 157 Å². The molecule has 1 aromatic rings. The summed E-state index contributed by atoms with van der Waals surface area (Å²) in [5, 5.41) is 1.77. The minimum Gasteiger partial charge on any atom is -0.343 e. The monoisotopic (exact) mass is 404 g/mol. The van der Waals surface area contributed by atoms with Crippen molar-refractivity contribution >= 4 is 15.9 Å². The molecule has 2 fully saturated rings. The summed E-state index contributed by atoms with van der Waals surface area (Å²) in [6, 6.07) is 5.11. The molecule has 0 unspecified atom stereocenters. The van der Waals surface area contributed by atoms with Crippen LogP contribution in [0.2, 0.25) is 0 Å². The van der Waals surface area contributed by atoms with Gasteiger partial charge < -0.3 is 5.32 Å². The van der Waals surface area contributed by atoms with Gasteiger partial charge in [0.2, 0.25) is 10.0 Å². The van der Waals surface area contributed by atoms with Crippen molar-refractivity contribution in [1.29, 1.82) is 0 Å². The number of sulfonamides is 1. The number of alkyl halides is 3. The number of carbonyl (C=O) groups excluding carboxylic acids is 1. The predicted molar refractivity (Wildman–Crippen MR) is 93.7 cm³/mol. The first-order chi connectivity index (χ1) is 12.7. The van der Waals surface area contributed by atoms with E-state index in [2.05, 4.69) is 0 Å². The molecule has 5 nitrogen and oxygen atoms in total. The predicted octanol–water partition coefficient (Wildman–Crippen LogP) is 3.32. The van der Waals surface area contributed by atoms with Crippen LogP contribution in [0.25, 0.3) is 0 Å². The Balaban J connectivity index is 1.74. The molecule has 0 spiro atoms. The van der Waals surface area contributed by atoms with Gasteiger partial charge in [0, 0.05) is 18.2 Å². The number of nitrogens with one attached hydrogen (secondary N) is 1. The van der Waals surface area contributed by atoms with Gasteiger partial charge in [0.25, 0.3) is 5.91 Å². The molecular formula is C18H23F3N2O3S. The molecule has 1 N–H and O–H groups in total. The van der Waals surface area contributed by atoms with Crippen LogP contribution in [0, 0.1) is 5.92 Å². The van der Waals surface area contributed by atoms with Gasteiger partial charge in [-0.25, -0.2) is 8.42 Å². The van der Waals surface area contributed by atoms with E-state index in [4.69, 9.17) is 0 Å². The summed E-state index contributed by atoms with van der Waals surface area (Å²) < 4.78 is 64.3. The Bertz CT molecular complexity index is 776. The second-order valence-electron chi connectivity index (χ2n) is 7.19. The molecule has 150 valence electrons. The average molecular weight is 404 g/mol. The van der Waals surface area contributed by atoms with Crippen LogP contribution in [0.5, 0.6) is 0 Å². The molecule has 1 aliphatic heterocycles. The molecule has 1 aromatic carbocycles. The highest BCUT2D eigenvalue weighted by Crippen LogP contribution is 2.38. The van der Waals surface area contributed by atoms with Crippen LogP contribution in [0.15, 0.2) is 29.2 Å². The van der Waals surface area contributed by atoms with Crippen LogP contribution in [0.4, 0.5) is 13.2 Å². The summed E-state index contributed by atoms with van der Waals surface area (Å²) in [6.45, 7) is -0.944. The number of hydrogen-bond donors (Lipinski definition) is 1. The maximum Gasteiger partial charge on any atom is 0.405 e. The Morgan fingerprint density at radius 1 is 1.07 bits per heavy atom. The molecule has 1 heterocycles. The van der Waals surface area contributed by atoms with E-state index < -0.39 is 28.7 Å². The smallest absolute Gasteiger partial charge is 0.343 e. The zero-order valence-corrected chi connectivity index (χ0v) is 15.7. The molecule has 1 saturated heterocycles. The Morgan fingerprint density at radius 2 is 1.70 bits per heavy atom. The van der Waals surface area contributed by atoms with E-state index in [0.717, 1.165) is 38.5 Å². The van der Waals surface area contributed by atoms with E-state index in [-0.39, 0.29) is 16.5 Å². The summed E-state index contributed by atoms with van der Waals surface area (Å²) in [5.74, 6) is -0.490. The van der Waals surface area contributed by atoms with Gasteiger partial charge in [-0.2, -0.15) is 17.5 Å². The lowest BCUT2D eigenvalue weighted by Gasteiger charge is -2.43. The number of rotatable bonds is 4. The topological polar surface area (TPSA) is 66.5 Å². The van der Waals surface area contributed by atoms with E-state index in [0.29, 0.717) is 12.5 Å². The molecule has 1 saturated carbocycles. The van der Waals surface area contributed by atoms with E-state index >= 15 is 0 Å². The van der Waals surface area contributed by atoms with E-state index in [1.807, 2.05) is 0 Å². The van der Waals surface area contributed by atoms with Gasteiger partial charge in [-0.15, -0.1) is 0 Å². The number of hydrogen-bond acceptors (Lipinski definition) is 3. The Morgan fingerprint density at radius 3 is 2.37 bits per heavy atom. The molecule has 0 radical (unpaired) electrons.